The van der Waals surface area contributed by atoms with Crippen LogP contribution in [0.1, 0.15) is 17.5 Å². The van der Waals surface area contributed by atoms with Gasteiger partial charge in [0.25, 0.3) is 0 Å². The normalized spacial score (nSPS) is 10.7. The van der Waals surface area contributed by atoms with Crippen molar-refractivity contribution in [2.45, 2.75) is 19.4 Å². The van der Waals surface area contributed by atoms with Crippen molar-refractivity contribution < 1.29 is 18.9 Å². The van der Waals surface area contributed by atoms with Crippen LogP contribution in [-0.2, 0) is 22.5 Å². The zero-order chi connectivity index (χ0) is 19.2. The van der Waals surface area contributed by atoms with E-state index in [4.69, 9.17) is 18.9 Å². The minimum atomic E-state index is 0.541. The number of hydrogen-bond donors (Lipinski definition) is 1. The van der Waals surface area contributed by atoms with Crippen LogP contribution in [0.3, 0.4) is 0 Å². The van der Waals surface area contributed by atoms with Crippen molar-refractivity contribution in [3.8, 4) is 11.5 Å². The lowest BCUT2D eigenvalue weighted by molar-refractivity contribution is 0.0605. The monoisotopic (exact) mass is 373 g/mol. The maximum Gasteiger partial charge on any atom is 0.124 e. The Bertz CT molecular complexity index is 630. The van der Waals surface area contributed by atoms with Crippen LogP contribution in [0.2, 0.25) is 0 Å². The van der Waals surface area contributed by atoms with Crippen molar-refractivity contribution in [3.05, 3.63) is 59.7 Å². The zero-order valence-electron chi connectivity index (χ0n) is 16.4. The topological polar surface area (TPSA) is 49.0 Å². The number of nitrogens with one attached hydrogen (secondary N) is 1. The molecule has 0 aliphatic heterocycles. The molecule has 2 aromatic carbocycles. The van der Waals surface area contributed by atoms with E-state index < -0.39 is 0 Å². The van der Waals surface area contributed by atoms with Gasteiger partial charge in [-0.3, -0.25) is 0 Å². The fourth-order valence-electron chi connectivity index (χ4n) is 2.62. The first kappa shape index (κ1) is 21.2. The second kappa shape index (κ2) is 13.1. The predicted octanol–water partition coefficient (Wildman–Crippen LogP) is 3.46. The predicted molar refractivity (Wildman–Crippen MR) is 108 cm³/mol. The Morgan fingerprint density at radius 2 is 1.67 bits per heavy atom. The van der Waals surface area contributed by atoms with E-state index in [1.165, 1.54) is 5.56 Å². The van der Waals surface area contributed by atoms with Gasteiger partial charge in [-0.1, -0.05) is 30.3 Å². The SMILES string of the molecule is COCCOCc1ccccc1OCCCNCCc1ccc(OC)cc1. The number of para-hydroxylation sites is 1. The van der Waals surface area contributed by atoms with E-state index >= 15 is 0 Å². The van der Waals surface area contributed by atoms with Gasteiger partial charge in [0.15, 0.2) is 0 Å². The molecular weight excluding hydrogens is 342 g/mol. The molecule has 0 unspecified atom stereocenters. The van der Waals surface area contributed by atoms with Crippen LogP contribution in [0.5, 0.6) is 11.5 Å². The summed E-state index contributed by atoms with van der Waals surface area (Å²) in [7, 11) is 3.36. The van der Waals surface area contributed by atoms with E-state index in [1.807, 2.05) is 36.4 Å². The molecule has 5 nitrogen and oxygen atoms in total. The smallest absolute Gasteiger partial charge is 0.124 e. The van der Waals surface area contributed by atoms with Crippen molar-refractivity contribution in [1.82, 2.24) is 5.32 Å². The molecule has 0 amide bonds. The molecule has 0 atom stereocenters. The van der Waals surface area contributed by atoms with Crippen LogP contribution >= 0.6 is 0 Å². The van der Waals surface area contributed by atoms with Crippen molar-refractivity contribution in [2.24, 2.45) is 0 Å². The van der Waals surface area contributed by atoms with Crippen LogP contribution in [0, 0.1) is 0 Å². The quantitative estimate of drug-likeness (QED) is 0.514. The van der Waals surface area contributed by atoms with Crippen molar-refractivity contribution in [3.63, 3.8) is 0 Å². The summed E-state index contributed by atoms with van der Waals surface area (Å²) in [5.74, 6) is 1.79. The first-order chi connectivity index (χ1) is 13.3. The lowest BCUT2D eigenvalue weighted by Gasteiger charge is -2.12. The summed E-state index contributed by atoms with van der Waals surface area (Å²) in [5.41, 5.74) is 2.38. The lowest BCUT2D eigenvalue weighted by atomic mass is 10.1. The first-order valence-electron chi connectivity index (χ1n) is 9.44. The minimum Gasteiger partial charge on any atom is -0.497 e. The van der Waals surface area contributed by atoms with Gasteiger partial charge in [0.05, 0.1) is 33.5 Å². The Balaban J connectivity index is 1.58. The highest BCUT2D eigenvalue weighted by atomic mass is 16.5. The van der Waals surface area contributed by atoms with Gasteiger partial charge in [-0.05, 0) is 49.7 Å². The molecule has 0 saturated heterocycles. The van der Waals surface area contributed by atoms with E-state index in [-0.39, 0.29) is 0 Å². The summed E-state index contributed by atoms with van der Waals surface area (Å²) < 4.78 is 21.7. The second-order valence-electron chi connectivity index (χ2n) is 6.20. The van der Waals surface area contributed by atoms with Gasteiger partial charge in [-0.15, -0.1) is 0 Å². The summed E-state index contributed by atoms with van der Waals surface area (Å²) in [6, 6.07) is 16.2. The van der Waals surface area contributed by atoms with Gasteiger partial charge < -0.3 is 24.3 Å². The highest BCUT2D eigenvalue weighted by Crippen LogP contribution is 2.19. The molecule has 148 valence electrons. The lowest BCUT2D eigenvalue weighted by Crippen LogP contribution is -2.20. The van der Waals surface area contributed by atoms with Crippen LogP contribution in [0.25, 0.3) is 0 Å². The van der Waals surface area contributed by atoms with Crippen LogP contribution in [0.15, 0.2) is 48.5 Å². The molecule has 0 aromatic heterocycles. The molecule has 27 heavy (non-hydrogen) atoms. The molecule has 0 spiro atoms. The fraction of sp³-hybridized carbons (Fsp3) is 0.455. The summed E-state index contributed by atoms with van der Waals surface area (Å²) in [4.78, 5) is 0. The molecule has 0 bridgehead atoms. The third kappa shape index (κ3) is 8.43. The Labute approximate surface area is 162 Å². The molecule has 0 heterocycles. The molecule has 2 rings (SSSR count). The summed E-state index contributed by atoms with van der Waals surface area (Å²) in [5, 5.41) is 3.46. The minimum absolute atomic E-state index is 0.541. The Morgan fingerprint density at radius 1 is 0.852 bits per heavy atom. The number of hydrogen-bond acceptors (Lipinski definition) is 5. The summed E-state index contributed by atoms with van der Waals surface area (Å²) in [6.45, 7) is 4.30. The molecule has 1 N–H and O–H groups in total. The van der Waals surface area contributed by atoms with Crippen LogP contribution in [-0.4, -0.2) is 47.1 Å². The van der Waals surface area contributed by atoms with Crippen molar-refractivity contribution in [2.75, 3.05) is 47.1 Å². The van der Waals surface area contributed by atoms with Gasteiger partial charge in [0.1, 0.15) is 11.5 Å². The van der Waals surface area contributed by atoms with E-state index in [9.17, 15) is 0 Å². The van der Waals surface area contributed by atoms with Gasteiger partial charge in [0.2, 0.25) is 0 Å². The largest absolute Gasteiger partial charge is 0.497 e. The Hall–Kier alpha value is -2.08. The zero-order valence-corrected chi connectivity index (χ0v) is 16.4. The first-order valence-corrected chi connectivity index (χ1v) is 9.44. The second-order valence-corrected chi connectivity index (χ2v) is 6.20. The van der Waals surface area contributed by atoms with E-state index in [0.717, 1.165) is 43.0 Å². The molecule has 0 radical (unpaired) electrons. The maximum absolute atomic E-state index is 5.92. The van der Waals surface area contributed by atoms with Gasteiger partial charge in [0, 0.05) is 12.7 Å². The van der Waals surface area contributed by atoms with E-state index in [2.05, 4.69) is 17.4 Å². The third-order valence-corrected chi connectivity index (χ3v) is 4.17. The number of methoxy groups -OCH3 is 2. The van der Waals surface area contributed by atoms with Crippen LogP contribution < -0.4 is 14.8 Å². The molecule has 5 heteroatoms. The number of benzene rings is 2. The van der Waals surface area contributed by atoms with Crippen molar-refractivity contribution in [1.29, 1.82) is 0 Å². The number of ether oxygens (including phenoxy) is 4. The van der Waals surface area contributed by atoms with E-state index in [1.54, 1.807) is 14.2 Å². The average Bonchev–Trinajstić information content (AvgIpc) is 2.72. The molecule has 0 aliphatic carbocycles. The molecule has 0 saturated carbocycles. The molecular formula is C22H31NO4. The highest BCUT2D eigenvalue weighted by Gasteiger charge is 2.03. The summed E-state index contributed by atoms with van der Waals surface area (Å²) >= 11 is 0. The third-order valence-electron chi connectivity index (χ3n) is 4.17. The van der Waals surface area contributed by atoms with Gasteiger partial charge >= 0.3 is 0 Å². The van der Waals surface area contributed by atoms with Crippen molar-refractivity contribution >= 4 is 0 Å². The Morgan fingerprint density at radius 3 is 2.44 bits per heavy atom. The average molecular weight is 373 g/mol. The summed E-state index contributed by atoms with van der Waals surface area (Å²) in [6.07, 6.45) is 1.97. The fourth-order valence-corrected chi connectivity index (χ4v) is 2.62. The standard InChI is InChI=1S/C22H31NO4/c1-24-16-17-26-18-20-6-3-4-7-22(20)27-15-5-13-23-14-12-19-8-10-21(25-2)11-9-19/h3-4,6-11,23H,5,12-18H2,1-2H3. The van der Waals surface area contributed by atoms with Gasteiger partial charge in [-0.25, -0.2) is 0 Å². The Kier molecular flexibility index (Phi) is 10.3. The van der Waals surface area contributed by atoms with E-state index in [0.29, 0.717) is 26.4 Å². The van der Waals surface area contributed by atoms with Gasteiger partial charge in [-0.2, -0.15) is 0 Å². The van der Waals surface area contributed by atoms with Crippen LogP contribution in [0.4, 0.5) is 0 Å². The number of rotatable bonds is 14. The maximum atomic E-state index is 5.92. The highest BCUT2D eigenvalue weighted by molar-refractivity contribution is 5.32. The molecule has 2 aromatic rings. The molecule has 0 fully saturated rings. The molecule has 0 aliphatic rings.